The molecular formula is C20H28N4O. The van der Waals surface area contributed by atoms with Crippen molar-refractivity contribution in [1.29, 1.82) is 0 Å². The Morgan fingerprint density at radius 1 is 1.24 bits per heavy atom. The van der Waals surface area contributed by atoms with Crippen LogP contribution in [0.2, 0.25) is 0 Å². The van der Waals surface area contributed by atoms with E-state index in [1.165, 1.54) is 5.56 Å². The van der Waals surface area contributed by atoms with E-state index < -0.39 is 0 Å². The molecule has 0 N–H and O–H groups in total. The Morgan fingerprint density at radius 2 is 1.92 bits per heavy atom. The maximum absolute atomic E-state index is 13.5. The van der Waals surface area contributed by atoms with Gasteiger partial charge in [0.05, 0.1) is 11.7 Å². The summed E-state index contributed by atoms with van der Waals surface area (Å²) in [6.07, 6.45) is 2.05. The van der Waals surface area contributed by atoms with Crippen molar-refractivity contribution >= 4 is 5.91 Å². The molecule has 3 rings (SSSR count). The molecule has 1 amide bonds. The van der Waals surface area contributed by atoms with Crippen LogP contribution >= 0.6 is 0 Å². The average molecular weight is 340 g/mol. The normalized spacial score (nSPS) is 18.8. The first kappa shape index (κ1) is 17.7. The van der Waals surface area contributed by atoms with Crippen LogP contribution in [0.1, 0.15) is 47.4 Å². The van der Waals surface area contributed by atoms with Gasteiger partial charge in [0.2, 0.25) is 5.91 Å². The Bertz CT molecular complexity index is 751. The summed E-state index contributed by atoms with van der Waals surface area (Å²) in [5.41, 5.74) is 4.45. The van der Waals surface area contributed by atoms with Gasteiger partial charge in [0.1, 0.15) is 6.04 Å². The van der Waals surface area contributed by atoms with E-state index >= 15 is 0 Å². The standard InChI is InChI=1S/C20H28N4O/c1-14-18(15(2)23(5)21-14)17-12-9-13-24(17)20(25)19(22(3)4)16-10-7-6-8-11-16/h6-8,10-11,17,19H,9,12-13H2,1-5H3/t17-,19+/m1/s1. The fraction of sp³-hybridized carbons (Fsp3) is 0.500. The summed E-state index contributed by atoms with van der Waals surface area (Å²) in [7, 11) is 5.92. The van der Waals surface area contributed by atoms with Crippen LogP contribution < -0.4 is 0 Å². The molecule has 0 bridgehead atoms. The predicted molar refractivity (Wildman–Crippen MR) is 99.2 cm³/mol. The number of likely N-dealkylation sites (tertiary alicyclic amines) is 1. The summed E-state index contributed by atoms with van der Waals surface area (Å²) in [4.78, 5) is 17.5. The van der Waals surface area contributed by atoms with Crippen LogP contribution in [0.3, 0.4) is 0 Å². The summed E-state index contributed by atoms with van der Waals surface area (Å²) in [6, 6.07) is 9.93. The van der Waals surface area contributed by atoms with E-state index in [-0.39, 0.29) is 18.0 Å². The van der Waals surface area contributed by atoms with Gasteiger partial charge in [-0.15, -0.1) is 0 Å². The van der Waals surface area contributed by atoms with Gasteiger partial charge in [-0.2, -0.15) is 5.10 Å². The average Bonchev–Trinajstić information content (AvgIpc) is 3.13. The van der Waals surface area contributed by atoms with E-state index in [2.05, 4.69) is 16.9 Å². The number of aromatic nitrogens is 2. The number of aryl methyl sites for hydroxylation is 2. The fourth-order valence-corrected chi connectivity index (χ4v) is 4.06. The molecule has 2 atom stereocenters. The van der Waals surface area contributed by atoms with E-state index in [0.717, 1.165) is 36.3 Å². The molecule has 2 aromatic rings. The molecule has 0 radical (unpaired) electrons. The number of hydrogen-bond donors (Lipinski definition) is 0. The van der Waals surface area contributed by atoms with E-state index in [1.807, 2.05) is 68.0 Å². The summed E-state index contributed by atoms with van der Waals surface area (Å²) < 4.78 is 1.92. The van der Waals surface area contributed by atoms with E-state index in [4.69, 9.17) is 0 Å². The van der Waals surface area contributed by atoms with E-state index in [9.17, 15) is 4.79 Å². The van der Waals surface area contributed by atoms with Crippen molar-refractivity contribution < 1.29 is 4.79 Å². The maximum atomic E-state index is 13.5. The van der Waals surface area contributed by atoms with Crippen LogP contribution in [0, 0.1) is 13.8 Å². The van der Waals surface area contributed by atoms with Crippen molar-refractivity contribution in [3.63, 3.8) is 0 Å². The molecule has 134 valence electrons. The van der Waals surface area contributed by atoms with Gasteiger partial charge in [0.25, 0.3) is 0 Å². The predicted octanol–water partition coefficient (Wildman–Crippen LogP) is 3.00. The lowest BCUT2D eigenvalue weighted by atomic mass is 10.00. The number of carbonyl (C=O) groups excluding carboxylic acids is 1. The largest absolute Gasteiger partial charge is 0.334 e. The lowest BCUT2D eigenvalue weighted by Gasteiger charge is -2.32. The molecule has 0 aliphatic carbocycles. The third-order valence-corrected chi connectivity index (χ3v) is 5.30. The maximum Gasteiger partial charge on any atom is 0.245 e. The molecule has 25 heavy (non-hydrogen) atoms. The molecular weight excluding hydrogens is 312 g/mol. The van der Waals surface area contributed by atoms with Crippen LogP contribution in [0.15, 0.2) is 30.3 Å². The Labute approximate surface area is 150 Å². The molecule has 1 saturated heterocycles. The van der Waals surface area contributed by atoms with Crippen LogP contribution in [0.4, 0.5) is 0 Å². The Morgan fingerprint density at radius 3 is 2.48 bits per heavy atom. The molecule has 5 nitrogen and oxygen atoms in total. The highest BCUT2D eigenvalue weighted by Crippen LogP contribution is 2.37. The molecule has 1 aromatic heterocycles. The van der Waals surface area contributed by atoms with Gasteiger partial charge < -0.3 is 4.90 Å². The first-order valence-electron chi connectivity index (χ1n) is 8.93. The first-order chi connectivity index (χ1) is 11.9. The zero-order chi connectivity index (χ0) is 18.1. The quantitative estimate of drug-likeness (QED) is 0.859. The van der Waals surface area contributed by atoms with Gasteiger partial charge in [-0.25, -0.2) is 0 Å². The lowest BCUT2D eigenvalue weighted by Crippen LogP contribution is -2.40. The van der Waals surface area contributed by atoms with Gasteiger partial charge in [-0.3, -0.25) is 14.4 Å². The highest BCUT2D eigenvalue weighted by molar-refractivity contribution is 5.84. The van der Waals surface area contributed by atoms with Gasteiger partial charge in [-0.05, 0) is 46.3 Å². The summed E-state index contributed by atoms with van der Waals surface area (Å²) >= 11 is 0. The van der Waals surface area contributed by atoms with Crippen LogP contribution in [0.5, 0.6) is 0 Å². The van der Waals surface area contributed by atoms with Gasteiger partial charge in [0.15, 0.2) is 0 Å². The number of likely N-dealkylation sites (N-methyl/N-ethyl adjacent to an activating group) is 1. The highest BCUT2D eigenvalue weighted by Gasteiger charge is 2.37. The fourth-order valence-electron chi connectivity index (χ4n) is 4.06. The minimum atomic E-state index is -0.251. The molecule has 1 aliphatic heterocycles. The van der Waals surface area contributed by atoms with E-state index in [0.29, 0.717) is 0 Å². The minimum absolute atomic E-state index is 0.132. The first-order valence-corrected chi connectivity index (χ1v) is 8.93. The summed E-state index contributed by atoms with van der Waals surface area (Å²) in [6.45, 7) is 4.95. The molecule has 1 aromatic carbocycles. The van der Waals surface area contributed by atoms with Crippen molar-refractivity contribution in [2.24, 2.45) is 7.05 Å². The van der Waals surface area contributed by atoms with Crippen molar-refractivity contribution in [3.05, 3.63) is 52.8 Å². The van der Waals surface area contributed by atoms with Crippen molar-refractivity contribution in [2.75, 3.05) is 20.6 Å². The number of amides is 1. The van der Waals surface area contributed by atoms with Crippen LogP contribution in [-0.2, 0) is 11.8 Å². The SMILES string of the molecule is Cc1nn(C)c(C)c1[C@H]1CCCN1C(=O)[C@H](c1ccccc1)N(C)C. The summed E-state index contributed by atoms with van der Waals surface area (Å²) in [5.74, 6) is 0.182. The number of rotatable bonds is 4. The second-order valence-corrected chi connectivity index (χ2v) is 7.17. The van der Waals surface area contributed by atoms with Crippen LogP contribution in [-0.4, -0.2) is 46.1 Å². The van der Waals surface area contributed by atoms with Crippen molar-refractivity contribution in [3.8, 4) is 0 Å². The number of carbonyl (C=O) groups is 1. The molecule has 0 spiro atoms. The van der Waals surface area contributed by atoms with Gasteiger partial charge in [-0.1, -0.05) is 30.3 Å². The molecule has 2 heterocycles. The zero-order valence-electron chi connectivity index (χ0n) is 15.9. The van der Waals surface area contributed by atoms with Crippen molar-refractivity contribution in [1.82, 2.24) is 19.6 Å². The molecule has 5 heteroatoms. The van der Waals surface area contributed by atoms with Crippen LogP contribution in [0.25, 0.3) is 0 Å². The van der Waals surface area contributed by atoms with Crippen molar-refractivity contribution in [2.45, 2.75) is 38.8 Å². The molecule has 0 saturated carbocycles. The number of hydrogen-bond acceptors (Lipinski definition) is 3. The number of nitrogens with zero attached hydrogens (tertiary/aromatic N) is 4. The zero-order valence-corrected chi connectivity index (χ0v) is 15.9. The van der Waals surface area contributed by atoms with E-state index in [1.54, 1.807) is 0 Å². The minimum Gasteiger partial charge on any atom is -0.334 e. The second-order valence-electron chi connectivity index (χ2n) is 7.17. The molecule has 1 aliphatic rings. The Kier molecular flexibility index (Phi) is 4.95. The monoisotopic (exact) mass is 340 g/mol. The third-order valence-electron chi connectivity index (χ3n) is 5.30. The molecule has 0 unspecified atom stereocenters. The lowest BCUT2D eigenvalue weighted by molar-refractivity contribution is -0.137. The van der Waals surface area contributed by atoms with Gasteiger partial charge in [0, 0.05) is 24.8 Å². The Balaban J connectivity index is 1.94. The third kappa shape index (κ3) is 3.21. The highest BCUT2D eigenvalue weighted by atomic mass is 16.2. The smallest absolute Gasteiger partial charge is 0.245 e. The number of benzene rings is 1. The Hall–Kier alpha value is -2.14. The molecule has 1 fully saturated rings. The summed E-state index contributed by atoms with van der Waals surface area (Å²) in [5, 5.41) is 4.56. The van der Waals surface area contributed by atoms with Gasteiger partial charge >= 0.3 is 0 Å². The topological polar surface area (TPSA) is 41.4 Å². The second kappa shape index (κ2) is 7.00.